The third kappa shape index (κ3) is 2.48. The maximum atomic E-state index is 10.2. The molecule has 0 bridgehead atoms. The van der Waals surface area contributed by atoms with Gasteiger partial charge in [-0.1, -0.05) is 30.3 Å². The van der Waals surface area contributed by atoms with Crippen molar-refractivity contribution in [2.45, 2.75) is 19.1 Å². The molecule has 2 aromatic rings. The van der Waals surface area contributed by atoms with Gasteiger partial charge in [0.2, 0.25) is 0 Å². The molecule has 1 aromatic carbocycles. The van der Waals surface area contributed by atoms with Crippen LogP contribution in [0.5, 0.6) is 0 Å². The molecule has 0 amide bonds. The number of rotatable bonds is 3. The lowest BCUT2D eigenvalue weighted by Crippen LogP contribution is -2.33. The van der Waals surface area contributed by atoms with Gasteiger partial charge in [0, 0.05) is 24.5 Å². The van der Waals surface area contributed by atoms with E-state index in [0.717, 1.165) is 31.6 Å². The van der Waals surface area contributed by atoms with Crippen molar-refractivity contribution in [2.75, 3.05) is 13.1 Å². The average molecular weight is 259 g/mol. The van der Waals surface area contributed by atoms with Crippen molar-refractivity contribution in [1.82, 2.24) is 4.90 Å². The third-order valence-corrected chi connectivity index (χ3v) is 4.47. The van der Waals surface area contributed by atoms with Gasteiger partial charge in [0.15, 0.2) is 0 Å². The van der Waals surface area contributed by atoms with Gasteiger partial charge in [0.05, 0.1) is 6.10 Å². The number of aliphatic hydroxyl groups is 1. The quantitative estimate of drug-likeness (QED) is 0.916. The molecule has 94 valence electrons. The van der Waals surface area contributed by atoms with Crippen LogP contribution in [0.3, 0.4) is 0 Å². The fraction of sp³-hybridized carbons (Fsp3) is 0.333. The molecule has 0 aliphatic carbocycles. The van der Waals surface area contributed by atoms with Crippen LogP contribution in [-0.2, 0) is 13.0 Å². The summed E-state index contributed by atoms with van der Waals surface area (Å²) in [5, 5.41) is 12.4. The van der Waals surface area contributed by atoms with Gasteiger partial charge in [-0.2, -0.15) is 0 Å². The van der Waals surface area contributed by atoms with Crippen LogP contribution in [0, 0.1) is 0 Å². The van der Waals surface area contributed by atoms with Crippen LogP contribution in [0.25, 0.3) is 0 Å². The lowest BCUT2D eigenvalue weighted by atomic mass is 10.1. The van der Waals surface area contributed by atoms with Crippen LogP contribution in [0.2, 0.25) is 0 Å². The number of thiophene rings is 1. The van der Waals surface area contributed by atoms with E-state index >= 15 is 0 Å². The number of benzene rings is 1. The van der Waals surface area contributed by atoms with Crippen molar-refractivity contribution in [3.05, 3.63) is 57.8 Å². The zero-order chi connectivity index (χ0) is 12.4. The molecular formula is C15H17NOS. The fourth-order valence-corrected chi connectivity index (χ4v) is 3.45. The molecular weight excluding hydrogens is 242 g/mol. The van der Waals surface area contributed by atoms with E-state index in [1.54, 1.807) is 0 Å². The number of nitrogens with zero attached hydrogens (tertiary/aromatic N) is 1. The maximum Gasteiger partial charge on any atom is 0.0917 e. The normalized spacial score (nSPS) is 17.4. The lowest BCUT2D eigenvalue weighted by Gasteiger charge is -2.28. The van der Waals surface area contributed by atoms with E-state index in [9.17, 15) is 5.11 Å². The van der Waals surface area contributed by atoms with Gasteiger partial charge < -0.3 is 5.11 Å². The smallest absolute Gasteiger partial charge is 0.0917 e. The average Bonchev–Trinajstić information content (AvgIpc) is 2.87. The monoisotopic (exact) mass is 259 g/mol. The predicted octanol–water partition coefficient (Wildman–Crippen LogP) is 2.84. The summed E-state index contributed by atoms with van der Waals surface area (Å²) < 4.78 is 0. The van der Waals surface area contributed by atoms with E-state index in [2.05, 4.69) is 16.3 Å². The highest BCUT2D eigenvalue weighted by Crippen LogP contribution is 2.25. The standard InChI is InChI=1S/C15H17NOS/c17-14(12-4-2-1-3-5-12)10-16-8-6-13-7-9-18-15(13)11-16/h1-5,7,9,14,17H,6,8,10-11H2. The summed E-state index contributed by atoms with van der Waals surface area (Å²) >= 11 is 1.83. The van der Waals surface area contributed by atoms with Crippen LogP contribution in [0.4, 0.5) is 0 Å². The molecule has 1 aliphatic rings. The summed E-state index contributed by atoms with van der Waals surface area (Å²) in [4.78, 5) is 3.80. The summed E-state index contributed by atoms with van der Waals surface area (Å²) in [5.74, 6) is 0. The Labute approximate surface area is 112 Å². The van der Waals surface area contributed by atoms with Gasteiger partial charge in [0.25, 0.3) is 0 Å². The molecule has 1 unspecified atom stereocenters. The fourth-order valence-electron chi connectivity index (χ4n) is 2.47. The van der Waals surface area contributed by atoms with Gasteiger partial charge >= 0.3 is 0 Å². The number of aliphatic hydroxyl groups excluding tert-OH is 1. The Bertz CT molecular complexity index is 508. The molecule has 0 saturated heterocycles. The molecule has 2 nitrogen and oxygen atoms in total. The second-order valence-electron chi connectivity index (χ2n) is 4.78. The zero-order valence-corrected chi connectivity index (χ0v) is 11.1. The molecule has 3 heteroatoms. The topological polar surface area (TPSA) is 23.5 Å². The second kappa shape index (κ2) is 5.22. The summed E-state index contributed by atoms with van der Waals surface area (Å²) in [6.07, 6.45) is 0.730. The van der Waals surface area contributed by atoms with E-state index in [4.69, 9.17) is 0 Å². The van der Waals surface area contributed by atoms with Crippen LogP contribution >= 0.6 is 11.3 Å². The van der Waals surface area contributed by atoms with Crippen LogP contribution in [-0.4, -0.2) is 23.1 Å². The Morgan fingerprint density at radius 2 is 2.06 bits per heavy atom. The molecule has 18 heavy (non-hydrogen) atoms. The summed E-state index contributed by atoms with van der Waals surface area (Å²) in [6, 6.07) is 12.1. The predicted molar refractivity (Wildman–Crippen MR) is 74.7 cm³/mol. The Kier molecular flexibility index (Phi) is 3.46. The first kappa shape index (κ1) is 11.9. The van der Waals surface area contributed by atoms with Crippen LogP contribution in [0.15, 0.2) is 41.8 Å². The van der Waals surface area contributed by atoms with Crippen molar-refractivity contribution in [2.24, 2.45) is 0 Å². The minimum absolute atomic E-state index is 0.382. The number of hydrogen-bond donors (Lipinski definition) is 1. The van der Waals surface area contributed by atoms with Crippen molar-refractivity contribution in [1.29, 1.82) is 0 Å². The Morgan fingerprint density at radius 3 is 2.89 bits per heavy atom. The zero-order valence-electron chi connectivity index (χ0n) is 10.2. The van der Waals surface area contributed by atoms with Crippen LogP contribution < -0.4 is 0 Å². The van der Waals surface area contributed by atoms with Gasteiger partial charge in [-0.05, 0) is 29.0 Å². The van der Waals surface area contributed by atoms with Gasteiger partial charge in [-0.25, -0.2) is 0 Å². The molecule has 0 spiro atoms. The molecule has 1 atom stereocenters. The highest BCUT2D eigenvalue weighted by Gasteiger charge is 2.19. The lowest BCUT2D eigenvalue weighted by molar-refractivity contribution is 0.107. The largest absolute Gasteiger partial charge is 0.387 e. The number of fused-ring (bicyclic) bond motifs is 1. The molecule has 1 aliphatic heterocycles. The molecule has 3 rings (SSSR count). The number of hydrogen-bond acceptors (Lipinski definition) is 3. The minimum Gasteiger partial charge on any atom is -0.387 e. The summed E-state index contributed by atoms with van der Waals surface area (Å²) in [7, 11) is 0. The van der Waals surface area contributed by atoms with Crippen molar-refractivity contribution in [3.8, 4) is 0 Å². The Balaban J connectivity index is 1.65. The molecule has 0 saturated carbocycles. The third-order valence-electron chi connectivity index (χ3n) is 3.52. The van der Waals surface area contributed by atoms with Crippen molar-refractivity contribution >= 4 is 11.3 Å². The molecule has 0 radical (unpaired) electrons. The Morgan fingerprint density at radius 1 is 1.22 bits per heavy atom. The maximum absolute atomic E-state index is 10.2. The first-order chi connectivity index (χ1) is 8.83. The molecule has 2 heterocycles. The van der Waals surface area contributed by atoms with Gasteiger partial charge in [0.1, 0.15) is 0 Å². The van der Waals surface area contributed by atoms with E-state index in [-0.39, 0.29) is 6.10 Å². The van der Waals surface area contributed by atoms with Gasteiger partial charge in [-0.3, -0.25) is 4.90 Å². The first-order valence-corrected chi connectivity index (χ1v) is 7.21. The highest BCUT2D eigenvalue weighted by molar-refractivity contribution is 7.10. The molecule has 0 fully saturated rings. The van der Waals surface area contributed by atoms with E-state index < -0.39 is 0 Å². The second-order valence-corrected chi connectivity index (χ2v) is 5.78. The van der Waals surface area contributed by atoms with E-state index in [1.807, 2.05) is 41.7 Å². The van der Waals surface area contributed by atoms with Crippen molar-refractivity contribution < 1.29 is 5.11 Å². The SMILES string of the molecule is OC(CN1CCc2ccsc2C1)c1ccccc1. The molecule has 1 aromatic heterocycles. The van der Waals surface area contributed by atoms with Gasteiger partial charge in [-0.15, -0.1) is 11.3 Å². The highest BCUT2D eigenvalue weighted by atomic mass is 32.1. The first-order valence-electron chi connectivity index (χ1n) is 6.33. The van der Waals surface area contributed by atoms with Crippen LogP contribution in [0.1, 0.15) is 22.1 Å². The van der Waals surface area contributed by atoms with Crippen molar-refractivity contribution in [3.63, 3.8) is 0 Å². The summed E-state index contributed by atoms with van der Waals surface area (Å²) in [6.45, 7) is 2.76. The number of β-amino-alcohol motifs (C(OH)–C–C–N with tert-alkyl or cyclic N) is 1. The summed E-state index contributed by atoms with van der Waals surface area (Å²) in [5.41, 5.74) is 2.50. The van der Waals surface area contributed by atoms with E-state index in [1.165, 1.54) is 10.4 Å². The Hall–Kier alpha value is -1.16. The molecule has 1 N–H and O–H groups in total. The van der Waals surface area contributed by atoms with E-state index in [0.29, 0.717) is 0 Å². The minimum atomic E-state index is -0.382.